The third kappa shape index (κ3) is 7.80. The smallest absolute Gasteiger partial charge is 0.164 e. The number of nitrogens with zero attached hydrogens (tertiary/aromatic N) is 3. The minimum atomic E-state index is 0.636. The maximum absolute atomic E-state index is 4.97. The molecule has 0 bridgehead atoms. The largest absolute Gasteiger partial charge is 0.208 e. The van der Waals surface area contributed by atoms with Crippen LogP contribution in [0.1, 0.15) is 0 Å². The highest BCUT2D eigenvalue weighted by molar-refractivity contribution is 5.84. The SMILES string of the molecule is c1ccc(-c2ccc(-c3cc(-c4ccc(-c5cccc(-c6ccccc6)c5)cc4)cc(-c4ccc(-c5nc(-c6ccccc6)nc(-c6ccccc6)n5)cc4)c3)cc2)cc1. The average Bonchev–Trinajstić information content (AvgIpc) is 3.35. The zero-order chi connectivity index (χ0) is 40.1. The van der Waals surface area contributed by atoms with Crippen LogP contribution < -0.4 is 0 Å². The Kier molecular flexibility index (Phi) is 9.97. The molecule has 0 N–H and O–H groups in total. The predicted molar refractivity (Wildman–Crippen MR) is 249 cm³/mol. The van der Waals surface area contributed by atoms with Crippen LogP contribution in [0.2, 0.25) is 0 Å². The van der Waals surface area contributed by atoms with E-state index in [1.807, 2.05) is 60.7 Å². The molecule has 0 radical (unpaired) electrons. The van der Waals surface area contributed by atoms with Gasteiger partial charge in [-0.1, -0.05) is 212 Å². The van der Waals surface area contributed by atoms with E-state index in [1.165, 1.54) is 33.4 Å². The van der Waals surface area contributed by atoms with Crippen LogP contribution in [0, 0.1) is 0 Å². The van der Waals surface area contributed by atoms with Crippen molar-refractivity contribution >= 4 is 0 Å². The molecule has 10 rings (SSSR count). The molecule has 0 saturated carbocycles. The van der Waals surface area contributed by atoms with E-state index in [0.717, 1.165) is 50.1 Å². The topological polar surface area (TPSA) is 38.7 Å². The zero-order valence-corrected chi connectivity index (χ0v) is 32.9. The van der Waals surface area contributed by atoms with Gasteiger partial charge >= 0.3 is 0 Å². The lowest BCUT2D eigenvalue weighted by Crippen LogP contribution is -2.00. The summed E-state index contributed by atoms with van der Waals surface area (Å²) in [5, 5.41) is 0. The number of rotatable bonds is 9. The normalized spacial score (nSPS) is 11.0. The van der Waals surface area contributed by atoms with Gasteiger partial charge in [0.05, 0.1) is 0 Å². The van der Waals surface area contributed by atoms with Gasteiger partial charge in [-0.3, -0.25) is 0 Å². The van der Waals surface area contributed by atoms with Crippen LogP contribution in [0.5, 0.6) is 0 Å². The molecule has 9 aromatic carbocycles. The Balaban J connectivity index is 1.02. The van der Waals surface area contributed by atoms with Gasteiger partial charge in [0.2, 0.25) is 0 Å². The molecule has 10 aromatic rings. The van der Waals surface area contributed by atoms with Crippen molar-refractivity contribution in [3.63, 3.8) is 0 Å². The van der Waals surface area contributed by atoms with Crippen molar-refractivity contribution in [2.24, 2.45) is 0 Å². The second kappa shape index (κ2) is 16.5. The number of hydrogen-bond donors (Lipinski definition) is 0. The summed E-state index contributed by atoms with van der Waals surface area (Å²) in [5.74, 6) is 1.93. The van der Waals surface area contributed by atoms with E-state index in [0.29, 0.717) is 17.5 Å². The van der Waals surface area contributed by atoms with Crippen molar-refractivity contribution in [2.75, 3.05) is 0 Å². The number of benzene rings is 9. The molecular weight excluding hydrogens is 727 g/mol. The fourth-order valence-corrected chi connectivity index (χ4v) is 7.73. The van der Waals surface area contributed by atoms with Crippen LogP contribution in [0.25, 0.3) is 101 Å². The summed E-state index contributed by atoms with van der Waals surface area (Å²) < 4.78 is 0. The first kappa shape index (κ1) is 36.3. The standard InChI is InChI=1S/C57H39N3/c1-5-14-40(15-6-1)42-24-28-44(29-25-42)52-37-53(45-30-26-43(27-31-45)51-23-13-22-50(36-51)41-16-7-2-8-17-41)39-54(38-52)46-32-34-49(35-33-46)57-59-55(47-18-9-3-10-19-47)58-56(60-57)48-20-11-4-12-21-48/h1-39H. The first-order valence-electron chi connectivity index (χ1n) is 20.3. The van der Waals surface area contributed by atoms with E-state index in [2.05, 4.69) is 176 Å². The molecule has 0 saturated heterocycles. The van der Waals surface area contributed by atoms with Crippen LogP contribution in [0.15, 0.2) is 237 Å². The molecule has 0 aliphatic rings. The maximum Gasteiger partial charge on any atom is 0.164 e. The predicted octanol–water partition coefficient (Wildman–Crippen LogP) is 14.9. The fraction of sp³-hybridized carbons (Fsp3) is 0. The quantitative estimate of drug-likeness (QED) is 0.147. The molecule has 1 heterocycles. The molecule has 0 spiro atoms. The van der Waals surface area contributed by atoms with Crippen LogP contribution in [0.4, 0.5) is 0 Å². The lowest BCUT2D eigenvalue weighted by Gasteiger charge is -2.13. The molecule has 60 heavy (non-hydrogen) atoms. The first-order chi connectivity index (χ1) is 29.7. The van der Waals surface area contributed by atoms with Gasteiger partial charge in [0.25, 0.3) is 0 Å². The second-order valence-electron chi connectivity index (χ2n) is 14.9. The van der Waals surface area contributed by atoms with E-state index < -0.39 is 0 Å². The fourth-order valence-electron chi connectivity index (χ4n) is 7.73. The monoisotopic (exact) mass is 765 g/mol. The van der Waals surface area contributed by atoms with Crippen LogP contribution in [0.3, 0.4) is 0 Å². The van der Waals surface area contributed by atoms with E-state index in [4.69, 9.17) is 15.0 Å². The van der Waals surface area contributed by atoms with Crippen LogP contribution in [-0.4, -0.2) is 15.0 Å². The van der Waals surface area contributed by atoms with Gasteiger partial charge in [-0.25, -0.2) is 15.0 Å². The van der Waals surface area contributed by atoms with E-state index in [1.54, 1.807) is 0 Å². The third-order valence-electron chi connectivity index (χ3n) is 11.0. The molecular formula is C57H39N3. The van der Waals surface area contributed by atoms with Gasteiger partial charge in [0.1, 0.15) is 0 Å². The van der Waals surface area contributed by atoms with Crippen molar-refractivity contribution in [1.82, 2.24) is 15.0 Å². The summed E-state index contributed by atoms with van der Waals surface area (Å²) in [4.78, 5) is 14.8. The molecule has 1 aromatic heterocycles. The first-order valence-corrected chi connectivity index (χ1v) is 20.3. The van der Waals surface area contributed by atoms with Gasteiger partial charge in [0.15, 0.2) is 17.5 Å². The molecule has 0 aliphatic heterocycles. The highest BCUT2D eigenvalue weighted by atomic mass is 15.0. The van der Waals surface area contributed by atoms with Crippen molar-refractivity contribution in [1.29, 1.82) is 0 Å². The van der Waals surface area contributed by atoms with Crippen molar-refractivity contribution in [3.8, 4) is 101 Å². The molecule has 0 fully saturated rings. The van der Waals surface area contributed by atoms with Crippen molar-refractivity contribution in [3.05, 3.63) is 237 Å². The maximum atomic E-state index is 4.97. The summed E-state index contributed by atoms with van der Waals surface area (Å²) in [6, 6.07) is 83.4. The van der Waals surface area contributed by atoms with E-state index >= 15 is 0 Å². The third-order valence-corrected chi connectivity index (χ3v) is 11.0. The molecule has 0 aliphatic carbocycles. The Hall–Kier alpha value is -8.01. The van der Waals surface area contributed by atoms with Crippen LogP contribution >= 0.6 is 0 Å². The summed E-state index contributed by atoms with van der Waals surface area (Å²) in [7, 11) is 0. The van der Waals surface area contributed by atoms with E-state index in [9.17, 15) is 0 Å². The lowest BCUT2D eigenvalue weighted by molar-refractivity contribution is 1.07. The summed E-state index contributed by atoms with van der Waals surface area (Å²) in [5.41, 5.74) is 16.9. The van der Waals surface area contributed by atoms with Crippen LogP contribution in [-0.2, 0) is 0 Å². The van der Waals surface area contributed by atoms with Crippen molar-refractivity contribution in [2.45, 2.75) is 0 Å². The number of aromatic nitrogens is 3. The van der Waals surface area contributed by atoms with Gasteiger partial charge in [0, 0.05) is 16.7 Å². The number of hydrogen-bond acceptors (Lipinski definition) is 3. The molecule has 282 valence electrons. The zero-order valence-electron chi connectivity index (χ0n) is 32.9. The average molecular weight is 766 g/mol. The molecule has 0 amide bonds. The Bertz CT molecular complexity index is 2960. The molecule has 3 heteroatoms. The minimum Gasteiger partial charge on any atom is -0.208 e. The Labute approximate surface area is 351 Å². The molecule has 0 atom stereocenters. The van der Waals surface area contributed by atoms with Gasteiger partial charge < -0.3 is 0 Å². The lowest BCUT2D eigenvalue weighted by atomic mass is 9.91. The Morgan fingerprint density at radius 3 is 0.700 bits per heavy atom. The highest BCUT2D eigenvalue weighted by Gasteiger charge is 2.14. The van der Waals surface area contributed by atoms with E-state index in [-0.39, 0.29) is 0 Å². The highest BCUT2D eigenvalue weighted by Crippen LogP contribution is 2.36. The minimum absolute atomic E-state index is 0.636. The Morgan fingerprint density at radius 2 is 0.350 bits per heavy atom. The summed E-state index contributed by atoms with van der Waals surface area (Å²) >= 11 is 0. The van der Waals surface area contributed by atoms with Gasteiger partial charge in [-0.2, -0.15) is 0 Å². The molecule has 0 unspecified atom stereocenters. The van der Waals surface area contributed by atoms with Gasteiger partial charge in [-0.15, -0.1) is 0 Å². The Morgan fingerprint density at radius 1 is 0.150 bits per heavy atom. The summed E-state index contributed by atoms with van der Waals surface area (Å²) in [6.07, 6.45) is 0. The van der Waals surface area contributed by atoms with Gasteiger partial charge in [-0.05, 0) is 91.0 Å². The molecule has 3 nitrogen and oxygen atoms in total. The van der Waals surface area contributed by atoms with Crippen molar-refractivity contribution < 1.29 is 0 Å². The summed E-state index contributed by atoms with van der Waals surface area (Å²) in [6.45, 7) is 0. The second-order valence-corrected chi connectivity index (χ2v) is 14.9.